The zero-order chi connectivity index (χ0) is 11.5. The number of hydrogen-bond donors (Lipinski definition) is 1. The van der Waals surface area contributed by atoms with Crippen molar-refractivity contribution >= 4 is 22.8 Å². The van der Waals surface area contributed by atoms with E-state index in [9.17, 15) is 4.79 Å². The summed E-state index contributed by atoms with van der Waals surface area (Å²) in [4.78, 5) is 20.4. The van der Waals surface area contributed by atoms with Crippen molar-refractivity contribution in [1.82, 2.24) is 9.97 Å². The van der Waals surface area contributed by atoms with Gasteiger partial charge in [-0.15, -0.1) is 0 Å². The van der Waals surface area contributed by atoms with Crippen LogP contribution in [0.3, 0.4) is 0 Å². The molecule has 0 aliphatic rings. The van der Waals surface area contributed by atoms with E-state index in [0.717, 1.165) is 10.9 Å². The van der Waals surface area contributed by atoms with Gasteiger partial charge in [0.15, 0.2) is 0 Å². The van der Waals surface area contributed by atoms with Gasteiger partial charge in [-0.25, -0.2) is 9.97 Å². The minimum absolute atomic E-state index is 0.113. The normalized spacial score (nSPS) is 10.3. The van der Waals surface area contributed by atoms with Crippen molar-refractivity contribution < 1.29 is 9.90 Å². The molecule has 82 valence electrons. The summed E-state index contributed by atoms with van der Waals surface area (Å²) in [5.41, 5.74) is 0.810. The molecule has 1 aromatic carbocycles. The average Bonchev–Trinajstić information content (AvgIpc) is 2.27. The van der Waals surface area contributed by atoms with E-state index in [4.69, 9.17) is 5.11 Å². The molecule has 0 saturated carbocycles. The Bertz CT molecular complexity index is 527. The number of rotatable bonds is 3. The van der Waals surface area contributed by atoms with E-state index in [1.165, 1.54) is 4.90 Å². The summed E-state index contributed by atoms with van der Waals surface area (Å²) in [7, 11) is 1.65. The van der Waals surface area contributed by atoms with Gasteiger partial charge in [0.25, 0.3) is 0 Å². The van der Waals surface area contributed by atoms with Crippen LogP contribution in [0.2, 0.25) is 0 Å². The first kappa shape index (κ1) is 10.4. The third kappa shape index (κ3) is 2.08. The fourth-order valence-electron chi connectivity index (χ4n) is 1.42. The van der Waals surface area contributed by atoms with Gasteiger partial charge < -0.3 is 10.0 Å². The number of carboxylic acid groups (broad SMARTS) is 1. The molecule has 0 radical (unpaired) electrons. The van der Waals surface area contributed by atoms with E-state index >= 15 is 0 Å². The van der Waals surface area contributed by atoms with Crippen LogP contribution in [0.25, 0.3) is 10.9 Å². The van der Waals surface area contributed by atoms with Gasteiger partial charge in [-0.2, -0.15) is 0 Å². The highest BCUT2D eigenvalue weighted by Gasteiger charge is 2.08. The fourth-order valence-corrected chi connectivity index (χ4v) is 1.42. The number of fused-ring (bicyclic) bond motifs is 1. The van der Waals surface area contributed by atoms with E-state index in [2.05, 4.69) is 9.97 Å². The molecular weight excluding hydrogens is 206 g/mol. The number of para-hydroxylation sites is 1. The molecule has 0 amide bonds. The summed E-state index contributed by atoms with van der Waals surface area (Å²) < 4.78 is 0. The molecule has 5 nitrogen and oxygen atoms in total. The van der Waals surface area contributed by atoms with Gasteiger partial charge in [0.05, 0.1) is 5.52 Å². The number of anilines is 1. The Morgan fingerprint density at radius 2 is 2.19 bits per heavy atom. The number of carboxylic acids is 1. The maximum atomic E-state index is 10.5. The number of likely N-dealkylation sites (N-methyl/N-ethyl adjacent to an activating group) is 1. The van der Waals surface area contributed by atoms with E-state index in [1.807, 2.05) is 24.3 Å². The van der Waals surface area contributed by atoms with Gasteiger partial charge >= 0.3 is 5.97 Å². The maximum Gasteiger partial charge on any atom is 0.323 e. The van der Waals surface area contributed by atoms with Gasteiger partial charge in [-0.05, 0) is 6.07 Å². The predicted octanol–water partition coefficient (Wildman–Crippen LogP) is 1.15. The number of hydrogen-bond acceptors (Lipinski definition) is 4. The van der Waals surface area contributed by atoms with Crippen molar-refractivity contribution in [3.05, 3.63) is 30.5 Å². The zero-order valence-corrected chi connectivity index (χ0v) is 8.79. The molecule has 0 spiro atoms. The zero-order valence-electron chi connectivity index (χ0n) is 8.79. The summed E-state index contributed by atoms with van der Waals surface area (Å²) in [6.07, 6.45) is 1.69. The minimum atomic E-state index is -0.903. The highest BCUT2D eigenvalue weighted by Crippen LogP contribution is 2.13. The Hall–Kier alpha value is -2.17. The lowest BCUT2D eigenvalue weighted by Gasteiger charge is -2.14. The number of benzene rings is 1. The Kier molecular flexibility index (Phi) is 2.68. The standard InChI is InChI=1S/C11H11N3O2/c1-14(7-10(15)16)11-12-6-8-4-2-3-5-9(8)13-11/h2-6H,7H2,1H3,(H,15,16). The molecule has 0 atom stereocenters. The second kappa shape index (κ2) is 4.14. The van der Waals surface area contributed by atoms with E-state index < -0.39 is 5.97 Å². The van der Waals surface area contributed by atoms with Crippen molar-refractivity contribution in [2.75, 3.05) is 18.5 Å². The van der Waals surface area contributed by atoms with Crippen LogP contribution in [-0.2, 0) is 4.79 Å². The molecule has 1 N–H and O–H groups in total. The predicted molar refractivity (Wildman–Crippen MR) is 60.4 cm³/mol. The van der Waals surface area contributed by atoms with Crippen LogP contribution in [0.5, 0.6) is 0 Å². The number of nitrogens with zero attached hydrogens (tertiary/aromatic N) is 3. The van der Waals surface area contributed by atoms with Crippen LogP contribution in [0.1, 0.15) is 0 Å². The van der Waals surface area contributed by atoms with Crippen LogP contribution in [-0.4, -0.2) is 34.6 Å². The average molecular weight is 217 g/mol. The summed E-state index contributed by atoms with van der Waals surface area (Å²) in [5, 5.41) is 9.60. The lowest BCUT2D eigenvalue weighted by molar-refractivity contribution is -0.135. The van der Waals surface area contributed by atoms with Crippen molar-refractivity contribution in [2.24, 2.45) is 0 Å². The first-order valence-electron chi connectivity index (χ1n) is 4.81. The molecule has 0 bridgehead atoms. The molecule has 1 heterocycles. The van der Waals surface area contributed by atoms with Gasteiger partial charge in [-0.3, -0.25) is 4.79 Å². The van der Waals surface area contributed by atoms with E-state index in [1.54, 1.807) is 13.2 Å². The second-order valence-corrected chi connectivity index (χ2v) is 3.48. The second-order valence-electron chi connectivity index (χ2n) is 3.48. The third-order valence-corrected chi connectivity index (χ3v) is 2.19. The van der Waals surface area contributed by atoms with Crippen LogP contribution in [0.15, 0.2) is 30.5 Å². The lowest BCUT2D eigenvalue weighted by atomic mass is 10.2. The first-order chi connectivity index (χ1) is 7.66. The van der Waals surface area contributed by atoms with Crippen LogP contribution in [0.4, 0.5) is 5.95 Å². The van der Waals surface area contributed by atoms with Crippen LogP contribution < -0.4 is 4.90 Å². The van der Waals surface area contributed by atoms with E-state index in [-0.39, 0.29) is 6.54 Å². The van der Waals surface area contributed by atoms with E-state index in [0.29, 0.717) is 5.95 Å². The molecule has 0 unspecified atom stereocenters. The highest BCUT2D eigenvalue weighted by atomic mass is 16.4. The summed E-state index contributed by atoms with van der Waals surface area (Å²) in [6.45, 7) is -0.113. The molecule has 0 saturated heterocycles. The molecule has 5 heteroatoms. The number of aromatic nitrogens is 2. The Morgan fingerprint density at radius 3 is 2.94 bits per heavy atom. The number of aliphatic carboxylic acids is 1. The van der Waals surface area contributed by atoms with Gasteiger partial charge in [-0.1, -0.05) is 18.2 Å². The third-order valence-electron chi connectivity index (χ3n) is 2.19. The first-order valence-corrected chi connectivity index (χ1v) is 4.81. The number of carbonyl (C=O) groups is 1. The van der Waals surface area contributed by atoms with Crippen molar-refractivity contribution in [2.45, 2.75) is 0 Å². The van der Waals surface area contributed by atoms with Gasteiger partial charge in [0.1, 0.15) is 6.54 Å². The SMILES string of the molecule is CN(CC(=O)O)c1ncc2ccccc2n1. The highest BCUT2D eigenvalue weighted by molar-refractivity contribution is 5.79. The molecule has 1 aromatic heterocycles. The Morgan fingerprint density at radius 1 is 1.44 bits per heavy atom. The van der Waals surface area contributed by atoms with Crippen molar-refractivity contribution in [3.63, 3.8) is 0 Å². The molecule has 0 aliphatic heterocycles. The minimum Gasteiger partial charge on any atom is -0.480 e. The molecule has 0 aliphatic carbocycles. The summed E-state index contributed by atoms with van der Waals surface area (Å²) >= 11 is 0. The molecular formula is C11H11N3O2. The van der Waals surface area contributed by atoms with Crippen LogP contribution >= 0.6 is 0 Å². The largest absolute Gasteiger partial charge is 0.480 e. The smallest absolute Gasteiger partial charge is 0.323 e. The van der Waals surface area contributed by atoms with Crippen molar-refractivity contribution in [1.29, 1.82) is 0 Å². The van der Waals surface area contributed by atoms with Gasteiger partial charge in [0.2, 0.25) is 5.95 Å². The summed E-state index contributed by atoms with van der Waals surface area (Å²) in [6, 6.07) is 7.58. The van der Waals surface area contributed by atoms with Crippen molar-refractivity contribution in [3.8, 4) is 0 Å². The van der Waals surface area contributed by atoms with Gasteiger partial charge in [0, 0.05) is 18.6 Å². The topological polar surface area (TPSA) is 66.3 Å². The maximum absolute atomic E-state index is 10.5. The Balaban J connectivity index is 2.35. The Labute approximate surface area is 92.4 Å². The van der Waals surface area contributed by atoms with Crippen LogP contribution in [0, 0.1) is 0 Å². The lowest BCUT2D eigenvalue weighted by Crippen LogP contribution is -2.26. The molecule has 0 fully saturated rings. The fraction of sp³-hybridized carbons (Fsp3) is 0.182. The quantitative estimate of drug-likeness (QED) is 0.835. The molecule has 16 heavy (non-hydrogen) atoms. The molecule has 2 rings (SSSR count). The molecule has 2 aromatic rings. The summed E-state index contributed by atoms with van der Waals surface area (Å²) in [5.74, 6) is -0.486. The monoisotopic (exact) mass is 217 g/mol.